The van der Waals surface area contributed by atoms with Crippen molar-refractivity contribution in [1.29, 1.82) is 0 Å². The van der Waals surface area contributed by atoms with Crippen LogP contribution in [0.1, 0.15) is 22.8 Å². The number of Topliss-reactive ketones (excluding diaryl/α,β-unsaturated/α-hetero) is 1. The number of hydrogen-bond donors (Lipinski definition) is 0. The molecule has 0 bridgehead atoms. The number of anilines is 1. The number of nitrogens with zero attached hydrogens (tertiary/aromatic N) is 1. The van der Waals surface area contributed by atoms with Crippen LogP contribution in [0.3, 0.4) is 0 Å². The fourth-order valence-corrected chi connectivity index (χ4v) is 2.84. The molecule has 1 aliphatic rings. The first-order valence-corrected chi connectivity index (χ1v) is 8.47. The monoisotopic (exact) mass is 419 g/mol. The predicted octanol–water partition coefficient (Wildman–Crippen LogP) is 3.45. The third kappa shape index (κ3) is 3.77. The molecule has 0 saturated carbocycles. The second-order valence-corrected chi connectivity index (χ2v) is 6.35. The van der Waals surface area contributed by atoms with E-state index >= 15 is 0 Å². The van der Waals surface area contributed by atoms with Gasteiger partial charge in [0.25, 0.3) is 0 Å². The SMILES string of the molecule is COC(=O)C1=C(C(=O)OC)N(c2cc(C)c(Br)cc2C(C)=O)C=CC=C1. The van der Waals surface area contributed by atoms with Crippen molar-refractivity contribution in [3.05, 3.63) is 63.4 Å². The van der Waals surface area contributed by atoms with E-state index in [9.17, 15) is 14.4 Å². The molecule has 1 aromatic carbocycles. The second kappa shape index (κ2) is 8.14. The molecule has 0 radical (unpaired) electrons. The lowest BCUT2D eigenvalue weighted by atomic mass is 10.0. The van der Waals surface area contributed by atoms with Crippen molar-refractivity contribution in [2.75, 3.05) is 19.1 Å². The van der Waals surface area contributed by atoms with Gasteiger partial charge in [0.2, 0.25) is 0 Å². The molecule has 1 aromatic rings. The van der Waals surface area contributed by atoms with Gasteiger partial charge >= 0.3 is 11.9 Å². The maximum Gasteiger partial charge on any atom is 0.355 e. The molecule has 0 aliphatic carbocycles. The van der Waals surface area contributed by atoms with Gasteiger partial charge in [-0.2, -0.15) is 0 Å². The van der Waals surface area contributed by atoms with Gasteiger partial charge < -0.3 is 14.4 Å². The Morgan fingerprint density at radius 2 is 1.69 bits per heavy atom. The van der Waals surface area contributed by atoms with Crippen LogP contribution in [0.2, 0.25) is 0 Å². The molecule has 1 heterocycles. The summed E-state index contributed by atoms with van der Waals surface area (Å²) in [5.41, 5.74) is 1.70. The first-order chi connectivity index (χ1) is 12.3. The van der Waals surface area contributed by atoms with Crippen molar-refractivity contribution < 1.29 is 23.9 Å². The smallest absolute Gasteiger partial charge is 0.355 e. The van der Waals surface area contributed by atoms with Gasteiger partial charge in [-0.05, 0) is 43.7 Å². The largest absolute Gasteiger partial charge is 0.465 e. The Balaban J connectivity index is 2.81. The van der Waals surface area contributed by atoms with E-state index in [1.807, 2.05) is 6.92 Å². The van der Waals surface area contributed by atoms with E-state index in [4.69, 9.17) is 9.47 Å². The number of aryl methyl sites for hydroxylation is 1. The Bertz CT molecular complexity index is 867. The molecule has 0 N–H and O–H groups in total. The molecule has 7 heteroatoms. The third-order valence-electron chi connectivity index (χ3n) is 3.81. The molecule has 0 atom stereocenters. The van der Waals surface area contributed by atoms with Crippen LogP contribution in [-0.2, 0) is 19.1 Å². The molecule has 0 aromatic heterocycles. The lowest BCUT2D eigenvalue weighted by molar-refractivity contribution is -0.139. The highest BCUT2D eigenvalue weighted by atomic mass is 79.9. The van der Waals surface area contributed by atoms with Gasteiger partial charge in [0.1, 0.15) is 5.70 Å². The van der Waals surface area contributed by atoms with Crippen molar-refractivity contribution in [3.8, 4) is 0 Å². The highest BCUT2D eigenvalue weighted by Crippen LogP contribution is 2.33. The summed E-state index contributed by atoms with van der Waals surface area (Å²) in [6.07, 6.45) is 6.32. The summed E-state index contributed by atoms with van der Waals surface area (Å²) in [4.78, 5) is 38.3. The number of halogens is 1. The summed E-state index contributed by atoms with van der Waals surface area (Å²) < 4.78 is 10.4. The first-order valence-electron chi connectivity index (χ1n) is 7.67. The Labute approximate surface area is 159 Å². The zero-order valence-electron chi connectivity index (χ0n) is 14.8. The molecule has 0 unspecified atom stereocenters. The van der Waals surface area contributed by atoms with Crippen LogP contribution in [0.25, 0.3) is 0 Å². The van der Waals surface area contributed by atoms with E-state index in [0.717, 1.165) is 10.0 Å². The van der Waals surface area contributed by atoms with Gasteiger partial charge in [0.15, 0.2) is 5.78 Å². The minimum atomic E-state index is -0.725. The fraction of sp³-hybridized carbons (Fsp3) is 0.211. The molecular formula is C19H18BrNO5. The molecule has 0 amide bonds. The maximum atomic E-state index is 12.5. The van der Waals surface area contributed by atoms with Crippen molar-refractivity contribution in [2.24, 2.45) is 0 Å². The zero-order valence-corrected chi connectivity index (χ0v) is 16.4. The summed E-state index contributed by atoms with van der Waals surface area (Å²) in [7, 11) is 2.45. The summed E-state index contributed by atoms with van der Waals surface area (Å²) in [6.45, 7) is 3.29. The number of esters is 2. The van der Waals surface area contributed by atoms with Crippen LogP contribution in [0.4, 0.5) is 5.69 Å². The lowest BCUT2D eigenvalue weighted by Crippen LogP contribution is -2.28. The molecule has 0 fully saturated rings. The second-order valence-electron chi connectivity index (χ2n) is 5.49. The van der Waals surface area contributed by atoms with E-state index in [1.165, 1.54) is 32.1 Å². The highest BCUT2D eigenvalue weighted by Gasteiger charge is 2.29. The average molecular weight is 420 g/mol. The summed E-state index contributed by atoms with van der Waals surface area (Å²) in [5.74, 6) is -1.60. The van der Waals surface area contributed by atoms with Crippen LogP contribution in [0, 0.1) is 6.92 Å². The van der Waals surface area contributed by atoms with Crippen molar-refractivity contribution >= 4 is 39.3 Å². The third-order valence-corrected chi connectivity index (χ3v) is 4.66. The van der Waals surface area contributed by atoms with E-state index in [1.54, 1.807) is 30.5 Å². The molecule has 26 heavy (non-hydrogen) atoms. The summed E-state index contributed by atoms with van der Waals surface area (Å²) in [6, 6.07) is 3.44. The highest BCUT2D eigenvalue weighted by molar-refractivity contribution is 9.10. The van der Waals surface area contributed by atoms with Gasteiger partial charge in [-0.25, -0.2) is 9.59 Å². The zero-order chi connectivity index (χ0) is 19.4. The number of benzene rings is 1. The fourth-order valence-electron chi connectivity index (χ4n) is 2.50. The van der Waals surface area contributed by atoms with Crippen LogP contribution < -0.4 is 4.90 Å². The van der Waals surface area contributed by atoms with Crippen LogP contribution in [0.5, 0.6) is 0 Å². The lowest BCUT2D eigenvalue weighted by Gasteiger charge is -2.25. The molecule has 2 rings (SSSR count). The quantitative estimate of drug-likeness (QED) is 0.549. The number of hydrogen-bond acceptors (Lipinski definition) is 6. The number of carbonyl (C=O) groups is 3. The maximum absolute atomic E-state index is 12.5. The minimum Gasteiger partial charge on any atom is -0.465 e. The van der Waals surface area contributed by atoms with Crippen molar-refractivity contribution in [2.45, 2.75) is 13.8 Å². The number of methoxy groups -OCH3 is 2. The Morgan fingerprint density at radius 1 is 1.04 bits per heavy atom. The van der Waals surface area contributed by atoms with E-state index < -0.39 is 11.9 Å². The Kier molecular flexibility index (Phi) is 6.15. The molecule has 0 saturated heterocycles. The molecule has 1 aliphatic heterocycles. The van der Waals surface area contributed by atoms with Crippen LogP contribution in [-0.4, -0.2) is 31.9 Å². The predicted molar refractivity (Wildman–Crippen MR) is 101 cm³/mol. The first kappa shape index (κ1) is 19.7. The summed E-state index contributed by atoms with van der Waals surface area (Å²) >= 11 is 3.41. The normalized spacial score (nSPS) is 13.5. The minimum absolute atomic E-state index is 0.0272. The van der Waals surface area contributed by atoms with Gasteiger partial charge in [0, 0.05) is 16.2 Å². The average Bonchev–Trinajstić information content (AvgIpc) is 2.84. The number of carbonyl (C=O) groups excluding carboxylic acids is 3. The molecule has 6 nitrogen and oxygen atoms in total. The Hall–Kier alpha value is -2.67. The van der Waals surface area contributed by atoms with Crippen molar-refractivity contribution in [3.63, 3.8) is 0 Å². The van der Waals surface area contributed by atoms with Gasteiger partial charge in [0.05, 0.1) is 25.5 Å². The van der Waals surface area contributed by atoms with Crippen LogP contribution >= 0.6 is 15.9 Å². The van der Waals surface area contributed by atoms with E-state index in [-0.39, 0.29) is 17.1 Å². The molecule has 136 valence electrons. The molecule has 0 spiro atoms. The number of ketones is 1. The van der Waals surface area contributed by atoms with E-state index in [0.29, 0.717) is 11.3 Å². The topological polar surface area (TPSA) is 72.9 Å². The Morgan fingerprint density at radius 3 is 2.27 bits per heavy atom. The number of rotatable bonds is 4. The van der Waals surface area contributed by atoms with Gasteiger partial charge in [-0.15, -0.1) is 0 Å². The van der Waals surface area contributed by atoms with Crippen molar-refractivity contribution in [1.82, 2.24) is 0 Å². The summed E-state index contributed by atoms with van der Waals surface area (Å²) in [5, 5.41) is 0. The standard InChI is InChI=1S/C19H18BrNO5/c1-11-9-16(14(12(2)22)10-15(11)20)21-8-6-5-7-13(18(23)25-3)17(21)19(24)26-4/h5-10H,1-4H3. The number of allylic oxidation sites excluding steroid dienone is 2. The van der Waals surface area contributed by atoms with Gasteiger partial charge in [-0.1, -0.05) is 22.0 Å². The van der Waals surface area contributed by atoms with Crippen LogP contribution in [0.15, 0.2) is 52.3 Å². The number of ether oxygens (including phenoxy) is 2. The van der Waals surface area contributed by atoms with E-state index in [2.05, 4.69) is 15.9 Å². The molecular weight excluding hydrogens is 402 g/mol. The van der Waals surface area contributed by atoms with Gasteiger partial charge in [-0.3, -0.25) is 4.79 Å².